The van der Waals surface area contributed by atoms with Crippen molar-refractivity contribution < 1.29 is 4.79 Å². The third kappa shape index (κ3) is 4.92. The fraction of sp³-hybridized carbons (Fsp3) is 0.909. The van der Waals surface area contributed by atoms with Crippen molar-refractivity contribution in [2.45, 2.75) is 0 Å². The van der Waals surface area contributed by atoms with E-state index in [9.17, 15) is 4.79 Å². The lowest BCUT2D eigenvalue weighted by Gasteiger charge is -2.33. The van der Waals surface area contributed by atoms with Crippen molar-refractivity contribution in [3.8, 4) is 0 Å². The second kappa shape index (κ2) is 7.60. The molecule has 1 rings (SSSR count). The maximum Gasteiger partial charge on any atom is 0.209 e. The summed E-state index contributed by atoms with van der Waals surface area (Å²) < 4.78 is 0. The van der Waals surface area contributed by atoms with Crippen LogP contribution in [0.3, 0.4) is 0 Å². The minimum atomic E-state index is 0.879. The fourth-order valence-corrected chi connectivity index (χ4v) is 1.82. The molecule has 0 bridgehead atoms. The Morgan fingerprint density at radius 1 is 1.25 bits per heavy atom. The van der Waals surface area contributed by atoms with Crippen molar-refractivity contribution in [1.82, 2.24) is 20.0 Å². The quantitative estimate of drug-likeness (QED) is 0.562. The third-order valence-corrected chi connectivity index (χ3v) is 3.10. The zero-order valence-corrected chi connectivity index (χ0v) is 10.5. The highest BCUT2D eigenvalue weighted by Gasteiger charge is 2.14. The van der Waals surface area contributed by atoms with Crippen molar-refractivity contribution in [2.75, 3.05) is 66.5 Å². The number of hydrogen-bond acceptors (Lipinski definition) is 4. The number of carbonyl (C=O) groups is 1. The van der Waals surface area contributed by atoms with Gasteiger partial charge in [0.2, 0.25) is 6.41 Å². The van der Waals surface area contributed by atoms with Crippen molar-refractivity contribution in [2.24, 2.45) is 0 Å². The molecule has 1 fully saturated rings. The van der Waals surface area contributed by atoms with Crippen molar-refractivity contribution in [1.29, 1.82) is 0 Å². The molecule has 0 spiro atoms. The monoisotopic (exact) mass is 228 g/mol. The van der Waals surface area contributed by atoms with Gasteiger partial charge in [0.1, 0.15) is 0 Å². The number of nitrogens with zero attached hydrogens (tertiary/aromatic N) is 3. The SMILES string of the molecule is CNCCN(C)CCN1CCN(C=O)CC1. The molecule has 0 saturated carbocycles. The van der Waals surface area contributed by atoms with Crippen LogP contribution in [0, 0.1) is 0 Å². The first-order chi connectivity index (χ1) is 7.76. The highest BCUT2D eigenvalue weighted by atomic mass is 16.1. The number of rotatable bonds is 7. The molecule has 5 nitrogen and oxygen atoms in total. The molecule has 0 radical (unpaired) electrons. The Morgan fingerprint density at radius 2 is 1.94 bits per heavy atom. The second-order valence-electron chi connectivity index (χ2n) is 4.39. The number of piperazine rings is 1. The van der Waals surface area contributed by atoms with Crippen LogP contribution in [0.4, 0.5) is 0 Å². The van der Waals surface area contributed by atoms with Crippen molar-refractivity contribution in [3.63, 3.8) is 0 Å². The molecule has 94 valence electrons. The first kappa shape index (κ1) is 13.4. The molecule has 1 N–H and O–H groups in total. The average Bonchev–Trinajstić information content (AvgIpc) is 2.34. The molecule has 0 atom stereocenters. The minimum absolute atomic E-state index is 0.879. The Morgan fingerprint density at radius 3 is 2.50 bits per heavy atom. The van der Waals surface area contributed by atoms with Crippen molar-refractivity contribution in [3.05, 3.63) is 0 Å². The summed E-state index contributed by atoms with van der Waals surface area (Å²) in [5.41, 5.74) is 0. The van der Waals surface area contributed by atoms with Crippen molar-refractivity contribution >= 4 is 6.41 Å². The van der Waals surface area contributed by atoms with Gasteiger partial charge in [-0.2, -0.15) is 0 Å². The van der Waals surface area contributed by atoms with Crippen LogP contribution in [0.15, 0.2) is 0 Å². The van der Waals surface area contributed by atoms with E-state index in [2.05, 4.69) is 22.2 Å². The normalized spacial score (nSPS) is 18.1. The molecule has 0 unspecified atom stereocenters. The summed E-state index contributed by atoms with van der Waals surface area (Å²) in [5.74, 6) is 0. The van der Waals surface area contributed by atoms with Crippen LogP contribution >= 0.6 is 0 Å². The molecular weight excluding hydrogens is 204 g/mol. The lowest BCUT2D eigenvalue weighted by atomic mass is 10.3. The molecule has 1 aliphatic heterocycles. The van der Waals surface area contributed by atoms with E-state index in [4.69, 9.17) is 0 Å². The van der Waals surface area contributed by atoms with E-state index in [0.717, 1.165) is 58.8 Å². The van der Waals surface area contributed by atoms with Crippen LogP contribution < -0.4 is 5.32 Å². The molecule has 1 saturated heterocycles. The lowest BCUT2D eigenvalue weighted by molar-refractivity contribution is -0.119. The first-order valence-corrected chi connectivity index (χ1v) is 6.01. The maximum absolute atomic E-state index is 10.5. The Bertz CT molecular complexity index is 192. The number of likely N-dealkylation sites (N-methyl/N-ethyl adjacent to an activating group) is 2. The van der Waals surface area contributed by atoms with Gasteiger partial charge in [-0.15, -0.1) is 0 Å². The Hall–Kier alpha value is -0.650. The van der Waals surface area contributed by atoms with Crippen LogP contribution in [0.1, 0.15) is 0 Å². The van der Waals surface area contributed by atoms with Gasteiger partial charge in [-0.1, -0.05) is 0 Å². The van der Waals surface area contributed by atoms with E-state index in [1.165, 1.54) is 0 Å². The van der Waals surface area contributed by atoms with Crippen LogP contribution in [0.5, 0.6) is 0 Å². The Labute approximate surface area is 98.4 Å². The molecular formula is C11H24N4O. The average molecular weight is 228 g/mol. The van der Waals surface area contributed by atoms with Gasteiger partial charge < -0.3 is 15.1 Å². The van der Waals surface area contributed by atoms with E-state index in [1.807, 2.05) is 11.9 Å². The molecule has 16 heavy (non-hydrogen) atoms. The smallest absolute Gasteiger partial charge is 0.209 e. The molecule has 1 aliphatic rings. The summed E-state index contributed by atoms with van der Waals surface area (Å²) in [7, 11) is 4.13. The van der Waals surface area contributed by atoms with Gasteiger partial charge in [0, 0.05) is 52.4 Å². The van der Waals surface area contributed by atoms with Crippen LogP contribution in [0.2, 0.25) is 0 Å². The summed E-state index contributed by atoms with van der Waals surface area (Å²) >= 11 is 0. The zero-order chi connectivity index (χ0) is 11.8. The van der Waals surface area contributed by atoms with Crippen LogP contribution in [-0.2, 0) is 4.79 Å². The van der Waals surface area contributed by atoms with E-state index >= 15 is 0 Å². The van der Waals surface area contributed by atoms with Gasteiger partial charge >= 0.3 is 0 Å². The summed E-state index contributed by atoms with van der Waals surface area (Å²) in [4.78, 5) is 17.2. The predicted molar refractivity (Wildman–Crippen MR) is 65.5 cm³/mol. The molecule has 0 aromatic carbocycles. The standard InChI is InChI=1S/C11H24N4O/c1-12-3-4-13(2)5-6-14-7-9-15(11-16)10-8-14/h11-12H,3-10H2,1-2H3. The largest absolute Gasteiger partial charge is 0.343 e. The molecule has 0 aromatic rings. The fourth-order valence-electron chi connectivity index (χ4n) is 1.82. The summed E-state index contributed by atoms with van der Waals surface area (Å²) in [6, 6.07) is 0. The van der Waals surface area contributed by atoms with Crippen LogP contribution in [0.25, 0.3) is 0 Å². The highest BCUT2D eigenvalue weighted by Crippen LogP contribution is 1.99. The van der Waals surface area contributed by atoms with Gasteiger partial charge in [-0.05, 0) is 14.1 Å². The number of nitrogens with one attached hydrogen (secondary N) is 1. The summed E-state index contributed by atoms with van der Waals surface area (Å²) in [6.07, 6.45) is 0.955. The number of amides is 1. The predicted octanol–water partition coefficient (Wildman–Crippen LogP) is -1.09. The van der Waals surface area contributed by atoms with E-state index in [0.29, 0.717) is 0 Å². The number of hydrogen-bond donors (Lipinski definition) is 1. The zero-order valence-electron chi connectivity index (χ0n) is 10.5. The van der Waals surface area contributed by atoms with E-state index < -0.39 is 0 Å². The topological polar surface area (TPSA) is 38.8 Å². The van der Waals surface area contributed by atoms with Gasteiger partial charge in [0.05, 0.1) is 0 Å². The van der Waals surface area contributed by atoms with Crippen LogP contribution in [-0.4, -0.2) is 87.6 Å². The molecule has 0 aliphatic carbocycles. The molecule has 0 aromatic heterocycles. The molecule has 5 heteroatoms. The summed E-state index contributed by atoms with van der Waals surface area (Å²) in [6.45, 7) is 8.11. The van der Waals surface area contributed by atoms with E-state index in [1.54, 1.807) is 0 Å². The molecule has 1 heterocycles. The lowest BCUT2D eigenvalue weighted by Crippen LogP contribution is -2.47. The highest BCUT2D eigenvalue weighted by molar-refractivity contribution is 5.47. The van der Waals surface area contributed by atoms with Gasteiger partial charge in [0.25, 0.3) is 0 Å². The van der Waals surface area contributed by atoms with Gasteiger partial charge in [-0.25, -0.2) is 0 Å². The van der Waals surface area contributed by atoms with E-state index in [-0.39, 0.29) is 0 Å². The minimum Gasteiger partial charge on any atom is -0.343 e. The Kier molecular flexibility index (Phi) is 6.37. The van der Waals surface area contributed by atoms with Gasteiger partial charge in [0.15, 0.2) is 0 Å². The number of carbonyl (C=O) groups excluding carboxylic acids is 1. The second-order valence-corrected chi connectivity index (χ2v) is 4.39. The van der Waals surface area contributed by atoms with Gasteiger partial charge in [-0.3, -0.25) is 9.69 Å². The Balaban J connectivity index is 2.07. The summed E-state index contributed by atoms with van der Waals surface area (Å²) in [5, 5.41) is 3.15. The maximum atomic E-state index is 10.5. The molecule has 1 amide bonds. The third-order valence-electron chi connectivity index (χ3n) is 3.10. The first-order valence-electron chi connectivity index (χ1n) is 6.01.